The molecule has 0 unspecified atom stereocenters. The number of ketones is 1. The van der Waals surface area contributed by atoms with E-state index in [0.29, 0.717) is 5.56 Å². The summed E-state index contributed by atoms with van der Waals surface area (Å²) in [6, 6.07) is 8.84. The summed E-state index contributed by atoms with van der Waals surface area (Å²) in [6.07, 6.45) is -1.15. The van der Waals surface area contributed by atoms with E-state index in [1.807, 2.05) is 6.07 Å². The quantitative estimate of drug-likeness (QED) is 0.709. The van der Waals surface area contributed by atoms with Crippen LogP contribution in [0, 0.1) is 5.92 Å². The molecule has 0 heterocycles. The monoisotopic (exact) mass is 314 g/mol. The van der Waals surface area contributed by atoms with E-state index in [1.54, 1.807) is 38.1 Å². The topological polar surface area (TPSA) is 72.8 Å². The van der Waals surface area contributed by atoms with Crippen LogP contribution in [0.3, 0.4) is 0 Å². The zero-order chi connectivity index (χ0) is 15.9. The number of aliphatic hydroxyl groups is 1. The predicted molar refractivity (Wildman–Crippen MR) is 81.3 cm³/mol. The fourth-order valence-corrected chi connectivity index (χ4v) is 4.12. The summed E-state index contributed by atoms with van der Waals surface area (Å²) >= 11 is 0. The Morgan fingerprint density at radius 3 is 2.14 bits per heavy atom. The van der Waals surface area contributed by atoms with Crippen LogP contribution >= 0.6 is 7.60 Å². The molecule has 2 atom stereocenters. The molecular formula is C15H23O5P. The van der Waals surface area contributed by atoms with Crippen LogP contribution in [-0.2, 0) is 18.4 Å². The first kappa shape index (κ1) is 18.1. The molecule has 1 aromatic carbocycles. The lowest BCUT2D eigenvalue weighted by atomic mass is 9.94. The minimum atomic E-state index is -3.38. The van der Waals surface area contributed by atoms with Gasteiger partial charge >= 0.3 is 7.60 Å². The summed E-state index contributed by atoms with van der Waals surface area (Å²) in [5, 5.41) is 10.4. The van der Waals surface area contributed by atoms with Crippen molar-refractivity contribution in [2.24, 2.45) is 5.92 Å². The van der Waals surface area contributed by atoms with Gasteiger partial charge in [0.2, 0.25) is 0 Å². The van der Waals surface area contributed by atoms with Crippen LogP contribution in [0.5, 0.6) is 0 Å². The number of benzene rings is 1. The first-order valence-corrected chi connectivity index (χ1v) is 8.78. The number of carbonyl (C=O) groups excluding carboxylic acids is 1. The van der Waals surface area contributed by atoms with Gasteiger partial charge in [-0.2, -0.15) is 0 Å². The third-order valence-corrected chi connectivity index (χ3v) is 5.26. The number of carbonyl (C=O) groups is 1. The van der Waals surface area contributed by atoms with Crippen molar-refractivity contribution in [1.82, 2.24) is 0 Å². The smallest absolute Gasteiger partial charge is 0.331 e. The average Bonchev–Trinajstić information content (AvgIpc) is 2.45. The van der Waals surface area contributed by atoms with Gasteiger partial charge in [-0.25, -0.2) is 0 Å². The van der Waals surface area contributed by atoms with Gasteiger partial charge in [0, 0.05) is 0 Å². The maximum atomic E-state index is 12.6. The van der Waals surface area contributed by atoms with Gasteiger partial charge in [-0.15, -0.1) is 0 Å². The number of rotatable bonds is 9. The number of hydrogen-bond donors (Lipinski definition) is 1. The van der Waals surface area contributed by atoms with E-state index in [2.05, 4.69) is 0 Å². The van der Waals surface area contributed by atoms with Crippen LogP contribution in [0.15, 0.2) is 30.3 Å². The Kier molecular flexibility index (Phi) is 7.26. The number of aliphatic hydroxyl groups excluding tert-OH is 1. The molecule has 0 aliphatic carbocycles. The van der Waals surface area contributed by atoms with Crippen LogP contribution < -0.4 is 0 Å². The van der Waals surface area contributed by atoms with Crippen LogP contribution in [0.2, 0.25) is 0 Å². The van der Waals surface area contributed by atoms with E-state index < -0.39 is 19.6 Å². The zero-order valence-electron chi connectivity index (χ0n) is 12.7. The molecule has 1 N–H and O–H groups in total. The Morgan fingerprint density at radius 1 is 1.19 bits per heavy atom. The summed E-state index contributed by atoms with van der Waals surface area (Å²) < 4.78 is 23.0. The fourth-order valence-electron chi connectivity index (χ4n) is 2.11. The second-order valence-electron chi connectivity index (χ2n) is 4.70. The highest BCUT2D eigenvalue weighted by atomic mass is 31.2. The molecule has 5 nitrogen and oxygen atoms in total. The largest absolute Gasteiger partial charge is 0.388 e. The molecule has 0 radical (unpaired) electrons. The third-order valence-electron chi connectivity index (χ3n) is 3.12. The van der Waals surface area contributed by atoms with Crippen molar-refractivity contribution in [3.05, 3.63) is 35.9 Å². The molecule has 0 fully saturated rings. The third kappa shape index (κ3) is 5.36. The van der Waals surface area contributed by atoms with Crippen LogP contribution in [0.4, 0.5) is 0 Å². The molecule has 0 spiro atoms. The maximum Gasteiger partial charge on any atom is 0.331 e. The first-order chi connectivity index (χ1) is 9.93. The van der Waals surface area contributed by atoms with Crippen LogP contribution in [0.1, 0.15) is 32.4 Å². The van der Waals surface area contributed by atoms with Gasteiger partial charge in [-0.05, 0) is 26.3 Å². The van der Waals surface area contributed by atoms with E-state index in [9.17, 15) is 14.5 Å². The van der Waals surface area contributed by atoms with Gasteiger partial charge in [-0.3, -0.25) is 9.36 Å². The molecule has 21 heavy (non-hydrogen) atoms. The van der Waals surface area contributed by atoms with Crippen molar-refractivity contribution in [2.45, 2.75) is 26.9 Å². The lowest BCUT2D eigenvalue weighted by Gasteiger charge is -2.25. The van der Waals surface area contributed by atoms with Gasteiger partial charge in [0.1, 0.15) is 5.78 Å². The van der Waals surface area contributed by atoms with Gasteiger partial charge in [-0.1, -0.05) is 30.3 Å². The molecule has 0 aliphatic rings. The summed E-state index contributed by atoms with van der Waals surface area (Å²) in [4.78, 5) is 11.9. The van der Waals surface area contributed by atoms with Gasteiger partial charge < -0.3 is 14.2 Å². The number of hydrogen-bond acceptors (Lipinski definition) is 5. The minimum Gasteiger partial charge on any atom is -0.388 e. The molecule has 0 amide bonds. The summed E-state index contributed by atoms with van der Waals surface area (Å²) in [7, 11) is -3.38. The highest BCUT2D eigenvalue weighted by molar-refractivity contribution is 7.53. The molecule has 0 aromatic heterocycles. The van der Waals surface area contributed by atoms with E-state index in [0.717, 1.165) is 0 Å². The Hall–Kier alpha value is -1.00. The Labute approximate surface area is 125 Å². The molecule has 0 bridgehead atoms. The standard InChI is InChI=1S/C15H23O5P/c1-4-19-21(18,20-5-2)11-14(12(3)16)15(17)13-9-7-6-8-10-13/h6-10,14-15,17H,4-5,11H2,1-3H3/t14-,15+/m0/s1. The molecule has 0 aliphatic heterocycles. The fraction of sp³-hybridized carbons (Fsp3) is 0.533. The van der Waals surface area contributed by atoms with Crippen molar-refractivity contribution in [3.8, 4) is 0 Å². The molecule has 6 heteroatoms. The van der Waals surface area contributed by atoms with Gasteiger partial charge in [0.05, 0.1) is 31.4 Å². The Bertz CT molecular complexity index is 478. The maximum absolute atomic E-state index is 12.6. The van der Waals surface area contributed by atoms with E-state index >= 15 is 0 Å². The van der Waals surface area contributed by atoms with Crippen molar-refractivity contribution in [2.75, 3.05) is 19.4 Å². The predicted octanol–water partition coefficient (Wildman–Crippen LogP) is 3.19. The first-order valence-electron chi connectivity index (χ1n) is 7.05. The normalized spacial score (nSPS) is 14.7. The van der Waals surface area contributed by atoms with Crippen molar-refractivity contribution in [3.63, 3.8) is 0 Å². The molecule has 0 saturated carbocycles. The van der Waals surface area contributed by atoms with E-state index in [-0.39, 0.29) is 25.2 Å². The molecule has 1 aromatic rings. The molecule has 1 rings (SSSR count). The highest BCUT2D eigenvalue weighted by Crippen LogP contribution is 2.51. The van der Waals surface area contributed by atoms with E-state index in [4.69, 9.17) is 9.05 Å². The molecule has 118 valence electrons. The summed E-state index contributed by atoms with van der Waals surface area (Å²) in [6.45, 7) is 5.25. The Morgan fingerprint density at radius 2 is 1.71 bits per heavy atom. The lowest BCUT2D eigenvalue weighted by Crippen LogP contribution is -2.25. The van der Waals surface area contributed by atoms with Crippen molar-refractivity contribution < 1.29 is 23.5 Å². The zero-order valence-corrected chi connectivity index (χ0v) is 13.6. The lowest BCUT2D eigenvalue weighted by molar-refractivity contribution is -0.123. The van der Waals surface area contributed by atoms with Crippen LogP contribution in [0.25, 0.3) is 0 Å². The minimum absolute atomic E-state index is 0.125. The van der Waals surface area contributed by atoms with Crippen molar-refractivity contribution in [1.29, 1.82) is 0 Å². The van der Waals surface area contributed by atoms with E-state index in [1.165, 1.54) is 6.92 Å². The Balaban J connectivity index is 2.96. The number of Topliss-reactive ketones (excluding diaryl/α,β-unsaturated/α-hetero) is 1. The molecular weight excluding hydrogens is 291 g/mol. The SMILES string of the molecule is CCOP(=O)(C[C@@H](C(C)=O)[C@H](O)c1ccccc1)OCC. The molecule has 0 saturated heterocycles. The second-order valence-corrected chi connectivity index (χ2v) is 6.81. The summed E-state index contributed by atoms with van der Waals surface area (Å²) in [5.74, 6) is -1.07. The van der Waals surface area contributed by atoms with Crippen LogP contribution in [-0.4, -0.2) is 30.3 Å². The highest BCUT2D eigenvalue weighted by Gasteiger charge is 2.35. The second kappa shape index (κ2) is 8.44. The average molecular weight is 314 g/mol. The van der Waals surface area contributed by atoms with Gasteiger partial charge in [0.25, 0.3) is 0 Å². The summed E-state index contributed by atoms with van der Waals surface area (Å²) in [5.41, 5.74) is 0.609. The van der Waals surface area contributed by atoms with Crippen molar-refractivity contribution >= 4 is 13.4 Å². The van der Waals surface area contributed by atoms with Gasteiger partial charge in [0.15, 0.2) is 0 Å².